The van der Waals surface area contributed by atoms with E-state index in [0.29, 0.717) is 30.6 Å². The number of carbonyl (C=O) groups excluding carboxylic acids is 2. The maximum absolute atomic E-state index is 13.4. The summed E-state index contributed by atoms with van der Waals surface area (Å²) in [5.74, 6) is 0.768. The van der Waals surface area contributed by atoms with Gasteiger partial charge in [0.15, 0.2) is 0 Å². The van der Waals surface area contributed by atoms with Gasteiger partial charge in [-0.2, -0.15) is 0 Å². The summed E-state index contributed by atoms with van der Waals surface area (Å²) in [7, 11) is 3.28. The first kappa shape index (κ1) is 29.5. The second-order valence-electron chi connectivity index (χ2n) is 10.6. The molecule has 1 aliphatic heterocycles. The van der Waals surface area contributed by atoms with Gasteiger partial charge in [0.25, 0.3) is 0 Å². The van der Waals surface area contributed by atoms with Gasteiger partial charge in [0.2, 0.25) is 0 Å². The quantitative estimate of drug-likeness (QED) is 0.350. The highest BCUT2D eigenvalue weighted by Gasteiger charge is 2.41. The molecule has 1 saturated heterocycles. The van der Waals surface area contributed by atoms with Gasteiger partial charge in [-0.05, 0) is 56.8 Å². The standard InChI is InChI=1S/C28H45ClN4O4/c1-28(22-11-7-13-24(29)18-22,37-16-14-31-27(35)36-3)23-12-8-15-33(20-23)26(34)32-25(19-30-2)17-21-9-5-4-6-10-21/h7,11,13,18,21,23,25,30H,4-6,8-10,12,14-17,19-20H2,1-3H3,(H,31,35)(H,32,34)/t23-,25+,28+/m1/s1. The molecule has 9 heteroatoms. The molecule has 3 atom stereocenters. The molecule has 3 rings (SSSR count). The fraction of sp³-hybridized carbons (Fsp3) is 0.714. The lowest BCUT2D eigenvalue weighted by atomic mass is 9.78. The van der Waals surface area contributed by atoms with Crippen LogP contribution in [0.4, 0.5) is 9.59 Å². The molecule has 37 heavy (non-hydrogen) atoms. The van der Waals surface area contributed by atoms with Gasteiger partial charge >= 0.3 is 12.1 Å². The summed E-state index contributed by atoms with van der Waals surface area (Å²) < 4.78 is 11.1. The minimum Gasteiger partial charge on any atom is -0.453 e. The lowest BCUT2D eigenvalue weighted by Crippen LogP contribution is -2.54. The number of rotatable bonds is 11. The second-order valence-corrected chi connectivity index (χ2v) is 11.0. The number of alkyl carbamates (subject to hydrolysis) is 1. The third-order valence-electron chi connectivity index (χ3n) is 7.96. The second kappa shape index (κ2) is 14.8. The molecule has 3 amide bonds. The van der Waals surface area contributed by atoms with Crippen molar-refractivity contribution in [3.05, 3.63) is 34.9 Å². The molecule has 1 saturated carbocycles. The predicted octanol–water partition coefficient (Wildman–Crippen LogP) is 4.91. The molecule has 0 aromatic heterocycles. The van der Waals surface area contributed by atoms with Gasteiger partial charge in [0.1, 0.15) is 0 Å². The molecule has 3 N–H and O–H groups in total. The summed E-state index contributed by atoms with van der Waals surface area (Å²) in [4.78, 5) is 26.8. The Morgan fingerprint density at radius 2 is 1.97 bits per heavy atom. The summed E-state index contributed by atoms with van der Waals surface area (Å²) in [5, 5.41) is 9.90. The van der Waals surface area contributed by atoms with Crippen LogP contribution in [0.2, 0.25) is 5.02 Å². The SMILES string of the molecule is CNC[C@H](CC1CCCCC1)NC(=O)N1CCC[C@@H]([C@@](C)(OCCNC(=O)OC)c2cccc(Cl)c2)C1. The number of piperidine rings is 1. The van der Waals surface area contributed by atoms with Crippen molar-refractivity contribution in [1.29, 1.82) is 0 Å². The molecule has 1 aromatic carbocycles. The van der Waals surface area contributed by atoms with Gasteiger partial charge in [-0.3, -0.25) is 0 Å². The molecule has 2 fully saturated rings. The minimum atomic E-state index is -0.672. The van der Waals surface area contributed by atoms with Crippen LogP contribution in [0, 0.1) is 11.8 Å². The Hall–Kier alpha value is -2.03. The monoisotopic (exact) mass is 536 g/mol. The molecule has 0 spiro atoms. The number of likely N-dealkylation sites (N-methyl/N-ethyl adjacent to an activating group) is 1. The van der Waals surface area contributed by atoms with Crippen LogP contribution < -0.4 is 16.0 Å². The highest BCUT2D eigenvalue weighted by Crippen LogP contribution is 2.39. The largest absolute Gasteiger partial charge is 0.453 e. The van der Waals surface area contributed by atoms with E-state index in [-0.39, 0.29) is 18.0 Å². The highest BCUT2D eigenvalue weighted by molar-refractivity contribution is 6.30. The van der Waals surface area contributed by atoms with E-state index in [1.807, 2.05) is 36.2 Å². The van der Waals surface area contributed by atoms with E-state index in [2.05, 4.69) is 27.6 Å². The number of carbonyl (C=O) groups is 2. The van der Waals surface area contributed by atoms with Gasteiger partial charge in [0, 0.05) is 43.2 Å². The zero-order valence-electron chi connectivity index (χ0n) is 22.7. The van der Waals surface area contributed by atoms with Crippen molar-refractivity contribution >= 4 is 23.7 Å². The van der Waals surface area contributed by atoms with Crippen LogP contribution in [0.5, 0.6) is 0 Å². The average molecular weight is 537 g/mol. The Morgan fingerprint density at radius 3 is 2.68 bits per heavy atom. The zero-order chi connectivity index (χ0) is 26.7. The van der Waals surface area contributed by atoms with Crippen LogP contribution in [0.3, 0.4) is 0 Å². The number of ether oxygens (including phenoxy) is 2. The molecular formula is C28H45ClN4O4. The molecule has 208 valence electrons. The van der Waals surface area contributed by atoms with Gasteiger partial charge in [-0.25, -0.2) is 9.59 Å². The van der Waals surface area contributed by atoms with E-state index >= 15 is 0 Å². The van der Waals surface area contributed by atoms with Crippen LogP contribution in [-0.2, 0) is 15.1 Å². The summed E-state index contributed by atoms with van der Waals surface area (Å²) in [5.41, 5.74) is 0.296. The Kier molecular flexibility index (Phi) is 11.8. The molecule has 0 unspecified atom stereocenters. The number of nitrogens with zero attached hydrogens (tertiary/aromatic N) is 1. The lowest BCUT2D eigenvalue weighted by Gasteiger charge is -2.44. The third kappa shape index (κ3) is 8.76. The number of nitrogens with one attached hydrogen (secondary N) is 3. The highest BCUT2D eigenvalue weighted by atomic mass is 35.5. The van der Waals surface area contributed by atoms with Crippen molar-refractivity contribution in [2.75, 3.05) is 46.9 Å². The number of halogens is 1. The summed E-state index contributed by atoms with van der Waals surface area (Å²) in [6.07, 6.45) is 8.84. The van der Waals surface area contributed by atoms with E-state index in [1.54, 1.807) is 0 Å². The van der Waals surface area contributed by atoms with Gasteiger partial charge < -0.3 is 30.3 Å². The zero-order valence-corrected chi connectivity index (χ0v) is 23.4. The molecule has 2 aliphatic rings. The topological polar surface area (TPSA) is 91.9 Å². The number of urea groups is 1. The summed E-state index contributed by atoms with van der Waals surface area (Å²) in [6, 6.07) is 7.85. The maximum atomic E-state index is 13.4. The fourth-order valence-electron chi connectivity index (χ4n) is 5.86. The van der Waals surface area contributed by atoms with Crippen molar-refractivity contribution < 1.29 is 19.1 Å². The smallest absolute Gasteiger partial charge is 0.406 e. The number of hydrogen-bond acceptors (Lipinski definition) is 5. The Balaban J connectivity index is 1.68. The Labute approximate surface area is 227 Å². The van der Waals surface area contributed by atoms with Crippen LogP contribution in [-0.4, -0.2) is 70.0 Å². The van der Waals surface area contributed by atoms with Crippen LogP contribution in [0.1, 0.15) is 63.9 Å². The van der Waals surface area contributed by atoms with Crippen molar-refractivity contribution in [3.8, 4) is 0 Å². The summed E-state index contributed by atoms with van der Waals surface area (Å²) >= 11 is 6.35. The average Bonchev–Trinajstić information content (AvgIpc) is 2.91. The van der Waals surface area contributed by atoms with Crippen LogP contribution in [0.15, 0.2) is 24.3 Å². The molecule has 0 radical (unpaired) electrons. The van der Waals surface area contributed by atoms with Gasteiger partial charge in [-0.15, -0.1) is 0 Å². The first-order valence-corrected chi connectivity index (χ1v) is 14.1. The third-order valence-corrected chi connectivity index (χ3v) is 8.20. The van der Waals surface area contributed by atoms with E-state index in [0.717, 1.165) is 37.9 Å². The Bertz CT molecular complexity index is 866. The minimum absolute atomic E-state index is 0.00145. The number of amides is 3. The number of benzene rings is 1. The molecule has 0 bridgehead atoms. The van der Waals surface area contributed by atoms with Gasteiger partial charge in [0.05, 0.1) is 19.3 Å². The molecular weight excluding hydrogens is 492 g/mol. The number of hydrogen-bond donors (Lipinski definition) is 3. The molecule has 1 aromatic rings. The first-order valence-electron chi connectivity index (χ1n) is 13.8. The lowest BCUT2D eigenvalue weighted by molar-refractivity contribution is -0.0926. The van der Waals surface area contributed by atoms with Gasteiger partial charge in [-0.1, -0.05) is 55.8 Å². The van der Waals surface area contributed by atoms with Crippen LogP contribution >= 0.6 is 11.6 Å². The Morgan fingerprint density at radius 1 is 1.19 bits per heavy atom. The van der Waals surface area contributed by atoms with E-state index < -0.39 is 11.7 Å². The molecule has 8 nitrogen and oxygen atoms in total. The fourth-order valence-corrected chi connectivity index (χ4v) is 6.05. The first-order chi connectivity index (χ1) is 17.9. The predicted molar refractivity (Wildman–Crippen MR) is 147 cm³/mol. The van der Waals surface area contributed by atoms with Crippen LogP contribution in [0.25, 0.3) is 0 Å². The summed E-state index contributed by atoms with van der Waals surface area (Å²) in [6.45, 7) is 4.80. The van der Waals surface area contributed by atoms with Crippen molar-refractivity contribution in [3.63, 3.8) is 0 Å². The number of likely N-dealkylation sites (tertiary alicyclic amines) is 1. The van der Waals surface area contributed by atoms with Crippen molar-refractivity contribution in [1.82, 2.24) is 20.9 Å². The van der Waals surface area contributed by atoms with Crippen molar-refractivity contribution in [2.45, 2.75) is 69.9 Å². The van der Waals surface area contributed by atoms with E-state index in [4.69, 9.17) is 16.3 Å². The maximum Gasteiger partial charge on any atom is 0.406 e. The van der Waals surface area contributed by atoms with E-state index in [1.165, 1.54) is 39.2 Å². The molecule has 1 aliphatic carbocycles. The molecule has 1 heterocycles. The number of methoxy groups -OCH3 is 1. The normalized spacial score (nSPS) is 21.1. The van der Waals surface area contributed by atoms with Crippen molar-refractivity contribution in [2.24, 2.45) is 11.8 Å². The van der Waals surface area contributed by atoms with E-state index in [9.17, 15) is 9.59 Å².